The standard InChI is InChI=1S/C10H14S.C5H8F2N2/c1-7-5-9(3)10(11-4)6-8(7)2;1-3-9-5(8-2)4(6)7/h5-6H,1-4H3;3-4H,1-2H3. The lowest BCUT2D eigenvalue weighted by Gasteiger charge is -2.06. The van der Waals surface area contributed by atoms with E-state index < -0.39 is 12.3 Å². The summed E-state index contributed by atoms with van der Waals surface area (Å²) in [7, 11) is 1.29. The summed E-state index contributed by atoms with van der Waals surface area (Å²) >= 11 is 1.82. The van der Waals surface area contributed by atoms with Crippen LogP contribution in [0, 0.1) is 20.8 Å². The van der Waals surface area contributed by atoms with Crippen LogP contribution in [0.3, 0.4) is 0 Å². The minimum absolute atomic E-state index is 0.419. The van der Waals surface area contributed by atoms with Gasteiger partial charge in [0.2, 0.25) is 0 Å². The molecule has 2 nitrogen and oxygen atoms in total. The van der Waals surface area contributed by atoms with Crippen LogP contribution in [0.2, 0.25) is 0 Å². The van der Waals surface area contributed by atoms with Crippen LogP contribution in [0.15, 0.2) is 27.0 Å². The van der Waals surface area contributed by atoms with Gasteiger partial charge in [-0.05, 0) is 56.7 Å². The molecule has 0 unspecified atom stereocenters. The zero-order chi connectivity index (χ0) is 15.7. The second-order valence-electron chi connectivity index (χ2n) is 4.18. The van der Waals surface area contributed by atoms with Crippen molar-refractivity contribution in [3.8, 4) is 0 Å². The van der Waals surface area contributed by atoms with Gasteiger partial charge in [-0.3, -0.25) is 4.99 Å². The average Bonchev–Trinajstić information content (AvgIpc) is 2.40. The number of hydrogen-bond donors (Lipinski definition) is 0. The van der Waals surface area contributed by atoms with Gasteiger partial charge in [-0.1, -0.05) is 6.07 Å². The highest BCUT2D eigenvalue weighted by Crippen LogP contribution is 2.22. The van der Waals surface area contributed by atoms with Gasteiger partial charge in [-0.2, -0.15) is 0 Å². The van der Waals surface area contributed by atoms with Gasteiger partial charge in [-0.15, -0.1) is 11.8 Å². The number of nitrogens with zero attached hydrogens (tertiary/aromatic N) is 2. The van der Waals surface area contributed by atoms with Crippen LogP contribution in [-0.4, -0.2) is 31.8 Å². The molecule has 0 saturated carbocycles. The fraction of sp³-hybridized carbons (Fsp3) is 0.467. The Balaban J connectivity index is 0.000000370. The van der Waals surface area contributed by atoms with Gasteiger partial charge in [0.25, 0.3) is 6.43 Å². The van der Waals surface area contributed by atoms with Crippen molar-refractivity contribution in [3.63, 3.8) is 0 Å². The summed E-state index contributed by atoms with van der Waals surface area (Å²) in [4.78, 5) is 7.96. The quantitative estimate of drug-likeness (QED) is 0.441. The molecule has 0 atom stereocenters. The SMILES string of the molecule is CC=NC(=NC)C(F)F.CSc1cc(C)c(C)cc1C. The fourth-order valence-corrected chi connectivity index (χ4v) is 2.17. The number of alkyl halides is 2. The highest BCUT2D eigenvalue weighted by molar-refractivity contribution is 7.98. The third-order valence-electron chi connectivity index (χ3n) is 2.70. The molecule has 0 aliphatic carbocycles. The predicted molar refractivity (Wildman–Crippen MR) is 86.0 cm³/mol. The number of thioether (sulfide) groups is 1. The van der Waals surface area contributed by atoms with Gasteiger partial charge in [0.1, 0.15) is 0 Å². The number of amidine groups is 1. The molecular formula is C15H22F2N2S. The first-order valence-corrected chi connectivity index (χ1v) is 7.45. The molecule has 1 aromatic rings. The monoisotopic (exact) mass is 300 g/mol. The van der Waals surface area contributed by atoms with Crippen LogP contribution < -0.4 is 0 Å². The second kappa shape index (κ2) is 9.64. The number of aryl methyl sites for hydroxylation is 3. The van der Waals surface area contributed by atoms with E-state index in [1.165, 1.54) is 34.8 Å². The Hall–Kier alpha value is -1.23. The van der Waals surface area contributed by atoms with Crippen molar-refractivity contribution in [2.45, 2.75) is 39.0 Å². The summed E-state index contributed by atoms with van der Waals surface area (Å²) in [6.45, 7) is 8.05. The van der Waals surface area contributed by atoms with Crippen LogP contribution in [0.5, 0.6) is 0 Å². The van der Waals surface area contributed by atoms with Crippen LogP contribution in [0.1, 0.15) is 23.6 Å². The highest BCUT2D eigenvalue weighted by atomic mass is 32.2. The van der Waals surface area contributed by atoms with E-state index in [0.29, 0.717) is 0 Å². The van der Waals surface area contributed by atoms with Crippen molar-refractivity contribution in [3.05, 3.63) is 28.8 Å². The zero-order valence-corrected chi connectivity index (χ0v) is 13.7. The van der Waals surface area contributed by atoms with E-state index in [1.54, 1.807) is 6.92 Å². The van der Waals surface area contributed by atoms with Gasteiger partial charge in [0, 0.05) is 18.2 Å². The minimum atomic E-state index is -2.56. The van der Waals surface area contributed by atoms with Gasteiger partial charge in [0.15, 0.2) is 5.84 Å². The van der Waals surface area contributed by atoms with Crippen LogP contribution >= 0.6 is 11.8 Å². The number of halogens is 2. The first-order chi connectivity index (χ1) is 9.37. The molecule has 0 heterocycles. The van der Waals surface area contributed by atoms with E-state index in [1.807, 2.05) is 11.8 Å². The molecule has 112 valence electrons. The van der Waals surface area contributed by atoms with E-state index in [9.17, 15) is 8.78 Å². The zero-order valence-electron chi connectivity index (χ0n) is 12.9. The number of hydrogen-bond acceptors (Lipinski definition) is 2. The minimum Gasteiger partial charge on any atom is -0.269 e. The molecule has 1 aromatic carbocycles. The van der Waals surface area contributed by atoms with Crippen molar-refractivity contribution in [1.82, 2.24) is 0 Å². The van der Waals surface area contributed by atoms with Crippen molar-refractivity contribution in [2.24, 2.45) is 9.98 Å². The maximum absolute atomic E-state index is 11.6. The molecule has 0 fully saturated rings. The van der Waals surface area contributed by atoms with E-state index in [4.69, 9.17) is 0 Å². The molecule has 0 N–H and O–H groups in total. The van der Waals surface area contributed by atoms with Gasteiger partial charge in [0.05, 0.1) is 0 Å². The molecule has 0 spiro atoms. The van der Waals surface area contributed by atoms with Crippen LogP contribution in [0.25, 0.3) is 0 Å². The Labute approximate surface area is 124 Å². The highest BCUT2D eigenvalue weighted by Gasteiger charge is 2.08. The third-order valence-corrected chi connectivity index (χ3v) is 3.58. The second-order valence-corrected chi connectivity index (χ2v) is 5.02. The molecule has 0 aromatic heterocycles. The van der Waals surface area contributed by atoms with Crippen LogP contribution in [-0.2, 0) is 0 Å². The molecule has 0 aliphatic rings. The summed E-state index contributed by atoms with van der Waals surface area (Å²) < 4.78 is 23.3. The summed E-state index contributed by atoms with van der Waals surface area (Å²) in [6.07, 6.45) is 0.845. The average molecular weight is 300 g/mol. The first-order valence-electron chi connectivity index (χ1n) is 6.22. The molecular weight excluding hydrogens is 278 g/mol. The van der Waals surface area contributed by atoms with Crippen molar-refractivity contribution < 1.29 is 8.78 Å². The first kappa shape index (κ1) is 18.8. The topological polar surface area (TPSA) is 24.7 Å². The van der Waals surface area contributed by atoms with E-state index in [-0.39, 0.29) is 0 Å². The summed E-state index contributed by atoms with van der Waals surface area (Å²) in [5.41, 5.74) is 4.17. The van der Waals surface area contributed by atoms with Gasteiger partial charge >= 0.3 is 0 Å². The normalized spacial score (nSPS) is 11.8. The summed E-state index contributed by atoms with van der Waals surface area (Å²) in [5.74, 6) is -0.419. The Morgan fingerprint density at radius 1 is 1.15 bits per heavy atom. The Bertz CT molecular complexity index is 483. The molecule has 1 rings (SSSR count). The third kappa shape index (κ3) is 6.28. The Morgan fingerprint density at radius 3 is 2.05 bits per heavy atom. The molecule has 0 saturated heterocycles. The van der Waals surface area contributed by atoms with Gasteiger partial charge in [-0.25, -0.2) is 13.8 Å². The van der Waals surface area contributed by atoms with Crippen molar-refractivity contribution in [2.75, 3.05) is 13.3 Å². The molecule has 5 heteroatoms. The molecule has 20 heavy (non-hydrogen) atoms. The lowest BCUT2D eigenvalue weighted by Crippen LogP contribution is -2.06. The van der Waals surface area contributed by atoms with E-state index in [2.05, 4.69) is 49.1 Å². The molecule has 0 bridgehead atoms. The smallest absolute Gasteiger partial charge is 0.269 e. The lowest BCUT2D eigenvalue weighted by molar-refractivity contribution is 0.224. The fourth-order valence-electron chi connectivity index (χ4n) is 1.50. The summed E-state index contributed by atoms with van der Waals surface area (Å²) in [5, 5.41) is 0. The number of rotatable bonds is 2. The number of aliphatic imine (C=N–C) groups is 2. The van der Waals surface area contributed by atoms with Crippen LogP contribution in [0.4, 0.5) is 8.78 Å². The van der Waals surface area contributed by atoms with E-state index >= 15 is 0 Å². The van der Waals surface area contributed by atoms with E-state index in [0.717, 1.165) is 0 Å². The largest absolute Gasteiger partial charge is 0.296 e. The maximum atomic E-state index is 11.6. The lowest BCUT2D eigenvalue weighted by atomic mass is 10.1. The predicted octanol–water partition coefficient (Wildman–Crippen LogP) is 4.70. The molecule has 0 aliphatic heterocycles. The van der Waals surface area contributed by atoms with Crippen molar-refractivity contribution in [1.29, 1.82) is 0 Å². The number of benzene rings is 1. The maximum Gasteiger partial charge on any atom is 0.296 e. The van der Waals surface area contributed by atoms with Gasteiger partial charge < -0.3 is 0 Å². The summed E-state index contributed by atoms with van der Waals surface area (Å²) in [6, 6.07) is 4.51. The van der Waals surface area contributed by atoms with Crippen molar-refractivity contribution >= 4 is 23.8 Å². The Morgan fingerprint density at radius 2 is 1.70 bits per heavy atom. The molecule has 0 amide bonds. The molecule has 0 radical (unpaired) electrons. The Kier molecular flexibility index (Phi) is 9.05.